The van der Waals surface area contributed by atoms with Gasteiger partial charge < -0.3 is 10.1 Å². The van der Waals surface area contributed by atoms with Crippen molar-refractivity contribution in [3.8, 4) is 0 Å². The highest BCUT2D eigenvalue weighted by molar-refractivity contribution is 7.99. The number of halogens is 1. The van der Waals surface area contributed by atoms with Crippen LogP contribution in [0.15, 0.2) is 17.0 Å². The van der Waals surface area contributed by atoms with Gasteiger partial charge in [0, 0.05) is 18.6 Å². The standard InChI is InChI=1S/C15H22ClNOS/c1-18-10-2-3-11-19-15-13-7-9-17-8-6-12(13)4-5-14(15)16/h4-5,17H,2-3,6-11H2,1H3. The molecule has 0 unspecified atom stereocenters. The van der Waals surface area contributed by atoms with Crippen molar-refractivity contribution in [3.05, 3.63) is 28.3 Å². The topological polar surface area (TPSA) is 21.3 Å². The van der Waals surface area contributed by atoms with Gasteiger partial charge in [-0.1, -0.05) is 17.7 Å². The van der Waals surface area contributed by atoms with Crippen LogP contribution in [0.25, 0.3) is 0 Å². The van der Waals surface area contributed by atoms with E-state index in [0.29, 0.717) is 0 Å². The first-order valence-corrected chi connectivity index (χ1v) is 8.32. The van der Waals surface area contributed by atoms with Crippen molar-refractivity contribution in [2.24, 2.45) is 0 Å². The maximum atomic E-state index is 6.39. The Hall–Kier alpha value is -0.220. The zero-order valence-corrected chi connectivity index (χ0v) is 13.1. The number of fused-ring (bicyclic) bond motifs is 1. The number of unbranched alkanes of at least 4 members (excludes halogenated alkanes) is 1. The fourth-order valence-corrected chi connectivity index (χ4v) is 3.90. The molecule has 1 aromatic rings. The van der Waals surface area contributed by atoms with E-state index in [4.69, 9.17) is 16.3 Å². The number of hydrogen-bond donors (Lipinski definition) is 1. The fourth-order valence-electron chi connectivity index (χ4n) is 2.39. The van der Waals surface area contributed by atoms with Crippen LogP contribution in [0.2, 0.25) is 5.02 Å². The summed E-state index contributed by atoms with van der Waals surface area (Å²) in [5, 5.41) is 4.37. The molecule has 2 nitrogen and oxygen atoms in total. The maximum absolute atomic E-state index is 6.39. The third-order valence-electron chi connectivity index (χ3n) is 3.42. The van der Waals surface area contributed by atoms with Crippen LogP contribution in [0, 0.1) is 0 Å². The first-order chi connectivity index (χ1) is 9.33. The normalized spacial score (nSPS) is 15.1. The van der Waals surface area contributed by atoms with E-state index < -0.39 is 0 Å². The Morgan fingerprint density at radius 1 is 1.26 bits per heavy atom. The summed E-state index contributed by atoms with van der Waals surface area (Å²) in [5.74, 6) is 1.12. The Labute approximate surface area is 125 Å². The molecule has 0 atom stereocenters. The lowest BCUT2D eigenvalue weighted by atomic mass is 10.0. The van der Waals surface area contributed by atoms with Crippen LogP contribution < -0.4 is 5.32 Å². The lowest BCUT2D eigenvalue weighted by Crippen LogP contribution is -2.16. The molecule has 0 aliphatic carbocycles. The minimum atomic E-state index is 0.852. The van der Waals surface area contributed by atoms with Crippen molar-refractivity contribution >= 4 is 23.4 Å². The highest BCUT2D eigenvalue weighted by atomic mass is 35.5. The third kappa shape index (κ3) is 4.38. The molecular weight excluding hydrogens is 278 g/mol. The maximum Gasteiger partial charge on any atom is 0.0544 e. The van der Waals surface area contributed by atoms with Crippen LogP contribution in [0.1, 0.15) is 24.0 Å². The molecule has 106 valence electrons. The van der Waals surface area contributed by atoms with Crippen LogP contribution >= 0.6 is 23.4 Å². The van der Waals surface area contributed by atoms with Gasteiger partial charge in [0.15, 0.2) is 0 Å². The Morgan fingerprint density at radius 2 is 2.11 bits per heavy atom. The summed E-state index contributed by atoms with van der Waals surface area (Å²) < 4.78 is 5.08. The quantitative estimate of drug-likeness (QED) is 0.641. The molecule has 0 fully saturated rings. The number of rotatable bonds is 6. The number of nitrogens with one attached hydrogen (secondary N) is 1. The number of thioether (sulfide) groups is 1. The molecule has 0 radical (unpaired) electrons. The number of ether oxygens (including phenoxy) is 1. The van der Waals surface area contributed by atoms with Crippen LogP contribution in [0.4, 0.5) is 0 Å². The van der Waals surface area contributed by atoms with E-state index in [-0.39, 0.29) is 0 Å². The van der Waals surface area contributed by atoms with Crippen molar-refractivity contribution in [1.82, 2.24) is 5.32 Å². The molecule has 0 bridgehead atoms. The monoisotopic (exact) mass is 299 g/mol. The second kappa shape index (κ2) is 8.15. The van der Waals surface area contributed by atoms with Gasteiger partial charge in [0.05, 0.1) is 5.02 Å². The van der Waals surface area contributed by atoms with Gasteiger partial charge in [-0.2, -0.15) is 0 Å². The SMILES string of the molecule is COCCCCSc1c(Cl)ccc2c1CCNCC2. The summed E-state index contributed by atoms with van der Waals surface area (Å²) in [7, 11) is 1.76. The van der Waals surface area contributed by atoms with Crippen molar-refractivity contribution in [1.29, 1.82) is 0 Å². The summed E-state index contributed by atoms with van der Waals surface area (Å²) >= 11 is 8.29. The van der Waals surface area contributed by atoms with Gasteiger partial charge in [-0.15, -0.1) is 11.8 Å². The molecule has 0 amide bonds. The lowest BCUT2D eigenvalue weighted by molar-refractivity contribution is 0.194. The van der Waals surface area contributed by atoms with Gasteiger partial charge in [-0.05, 0) is 61.7 Å². The van der Waals surface area contributed by atoms with Crippen LogP contribution in [0.3, 0.4) is 0 Å². The third-order valence-corrected chi connectivity index (χ3v) is 5.10. The minimum absolute atomic E-state index is 0.852. The predicted octanol–water partition coefficient (Wildman–Crippen LogP) is 3.55. The van der Waals surface area contributed by atoms with Gasteiger partial charge in [-0.25, -0.2) is 0 Å². The summed E-state index contributed by atoms with van der Waals surface area (Å²) in [6, 6.07) is 4.25. The first-order valence-electron chi connectivity index (χ1n) is 6.95. The molecule has 2 rings (SSSR count). The molecule has 1 N–H and O–H groups in total. The lowest BCUT2D eigenvalue weighted by Gasteiger charge is -2.13. The highest BCUT2D eigenvalue weighted by Crippen LogP contribution is 2.34. The zero-order valence-electron chi connectivity index (χ0n) is 11.5. The molecular formula is C15H22ClNOS. The Balaban J connectivity index is 2.02. The molecule has 0 saturated carbocycles. The van der Waals surface area contributed by atoms with Gasteiger partial charge in [0.1, 0.15) is 0 Å². The van der Waals surface area contributed by atoms with E-state index >= 15 is 0 Å². The van der Waals surface area contributed by atoms with E-state index in [1.807, 2.05) is 11.8 Å². The summed E-state index contributed by atoms with van der Waals surface area (Å²) in [4.78, 5) is 1.31. The number of hydrogen-bond acceptors (Lipinski definition) is 3. The molecule has 0 spiro atoms. The van der Waals surface area contributed by atoms with Gasteiger partial charge >= 0.3 is 0 Å². The van der Waals surface area contributed by atoms with Crippen molar-refractivity contribution in [3.63, 3.8) is 0 Å². The van der Waals surface area contributed by atoms with E-state index in [0.717, 1.165) is 49.7 Å². The van der Waals surface area contributed by atoms with Gasteiger partial charge in [0.25, 0.3) is 0 Å². The van der Waals surface area contributed by atoms with Crippen LogP contribution in [-0.4, -0.2) is 32.6 Å². The van der Waals surface area contributed by atoms with E-state index in [2.05, 4.69) is 17.4 Å². The average molecular weight is 300 g/mol. The molecule has 1 aliphatic heterocycles. The van der Waals surface area contributed by atoms with Crippen molar-refractivity contribution in [2.75, 3.05) is 32.6 Å². The fraction of sp³-hybridized carbons (Fsp3) is 0.600. The van der Waals surface area contributed by atoms with Gasteiger partial charge in [-0.3, -0.25) is 0 Å². The molecule has 1 heterocycles. The minimum Gasteiger partial charge on any atom is -0.385 e. The predicted molar refractivity (Wildman–Crippen MR) is 83.6 cm³/mol. The molecule has 1 aliphatic rings. The number of methoxy groups -OCH3 is 1. The molecule has 4 heteroatoms. The molecule has 0 saturated heterocycles. The summed E-state index contributed by atoms with van der Waals surface area (Å²) in [5.41, 5.74) is 2.93. The molecule has 19 heavy (non-hydrogen) atoms. The molecule has 1 aromatic carbocycles. The Kier molecular flexibility index (Phi) is 6.51. The summed E-state index contributed by atoms with van der Waals surface area (Å²) in [6.45, 7) is 2.99. The average Bonchev–Trinajstić information content (AvgIpc) is 2.66. The number of benzene rings is 1. The van der Waals surface area contributed by atoms with Crippen LogP contribution in [0.5, 0.6) is 0 Å². The van der Waals surface area contributed by atoms with Crippen LogP contribution in [-0.2, 0) is 17.6 Å². The summed E-state index contributed by atoms with van der Waals surface area (Å²) in [6.07, 6.45) is 4.51. The largest absolute Gasteiger partial charge is 0.385 e. The van der Waals surface area contributed by atoms with E-state index in [1.54, 1.807) is 7.11 Å². The van der Waals surface area contributed by atoms with Crippen molar-refractivity contribution in [2.45, 2.75) is 30.6 Å². The highest BCUT2D eigenvalue weighted by Gasteiger charge is 2.14. The second-order valence-electron chi connectivity index (χ2n) is 4.81. The van der Waals surface area contributed by atoms with E-state index in [9.17, 15) is 0 Å². The van der Waals surface area contributed by atoms with E-state index in [1.165, 1.54) is 22.4 Å². The first kappa shape index (κ1) is 15.2. The zero-order chi connectivity index (χ0) is 13.5. The molecule has 0 aromatic heterocycles. The Morgan fingerprint density at radius 3 is 2.95 bits per heavy atom. The van der Waals surface area contributed by atoms with Gasteiger partial charge in [0.2, 0.25) is 0 Å². The van der Waals surface area contributed by atoms with Crippen molar-refractivity contribution < 1.29 is 4.74 Å². The second-order valence-corrected chi connectivity index (χ2v) is 6.32. The Bertz CT molecular complexity index is 411. The smallest absolute Gasteiger partial charge is 0.0544 e.